The molecular weight excluding hydrogens is 100 g/mol. The van der Waals surface area contributed by atoms with Crippen LogP contribution >= 0.6 is 0 Å². The summed E-state index contributed by atoms with van der Waals surface area (Å²) in [6, 6.07) is 0. The van der Waals surface area contributed by atoms with Gasteiger partial charge in [-0.15, -0.1) is 0 Å². The van der Waals surface area contributed by atoms with E-state index in [-0.39, 0.29) is 6.10 Å². The van der Waals surface area contributed by atoms with Crippen molar-refractivity contribution in [2.75, 3.05) is 0 Å². The standard InChI is InChI=1S/C7H10O/c1-6-4-3(8)5(6)7(4,6)2/h3-5,8H,1-2H3. The molecule has 1 heteroatoms. The van der Waals surface area contributed by atoms with Gasteiger partial charge in [-0.1, -0.05) is 13.8 Å². The third-order valence-corrected chi connectivity index (χ3v) is 4.26. The lowest BCUT2D eigenvalue weighted by Crippen LogP contribution is -2.44. The van der Waals surface area contributed by atoms with Crippen molar-refractivity contribution in [2.24, 2.45) is 22.7 Å². The van der Waals surface area contributed by atoms with E-state index in [0.29, 0.717) is 22.7 Å². The fourth-order valence-electron chi connectivity index (χ4n) is 3.46. The van der Waals surface area contributed by atoms with E-state index in [1.807, 2.05) is 0 Å². The number of aliphatic hydroxyl groups excluding tert-OH is 1. The van der Waals surface area contributed by atoms with Crippen molar-refractivity contribution in [2.45, 2.75) is 20.0 Å². The van der Waals surface area contributed by atoms with E-state index >= 15 is 0 Å². The molecule has 0 radical (unpaired) electrons. The van der Waals surface area contributed by atoms with Crippen molar-refractivity contribution in [3.05, 3.63) is 0 Å². The van der Waals surface area contributed by atoms with Crippen molar-refractivity contribution in [3.8, 4) is 0 Å². The van der Waals surface area contributed by atoms with Crippen LogP contribution in [-0.4, -0.2) is 11.2 Å². The van der Waals surface area contributed by atoms with Crippen LogP contribution in [0.15, 0.2) is 0 Å². The van der Waals surface area contributed by atoms with Gasteiger partial charge in [-0.05, 0) is 22.7 Å². The normalized spacial score (nSPS) is 89.6. The molecule has 4 saturated carbocycles. The lowest BCUT2D eigenvalue weighted by atomic mass is 9.70. The highest BCUT2D eigenvalue weighted by Crippen LogP contribution is 3.04. The summed E-state index contributed by atoms with van der Waals surface area (Å²) in [7, 11) is 0. The first-order valence-electron chi connectivity index (χ1n) is 3.33. The van der Waals surface area contributed by atoms with Crippen molar-refractivity contribution in [1.29, 1.82) is 0 Å². The van der Waals surface area contributed by atoms with Crippen LogP contribution in [0.5, 0.6) is 0 Å². The molecule has 0 aromatic heterocycles. The second-order valence-electron chi connectivity index (χ2n) is 4.01. The van der Waals surface area contributed by atoms with Gasteiger partial charge >= 0.3 is 0 Å². The molecule has 1 nitrogen and oxygen atoms in total. The number of rotatable bonds is 0. The molecule has 0 aromatic rings. The largest absolute Gasteiger partial charge is 0.392 e. The topological polar surface area (TPSA) is 20.2 Å². The van der Waals surface area contributed by atoms with E-state index in [9.17, 15) is 0 Å². The molecule has 0 saturated heterocycles. The molecule has 8 heavy (non-hydrogen) atoms. The molecule has 0 atom stereocenters. The average molecular weight is 110 g/mol. The summed E-state index contributed by atoms with van der Waals surface area (Å²) in [5, 5.41) is 9.12. The molecule has 0 aromatic carbocycles. The molecule has 0 spiro atoms. The Bertz CT molecular complexity index is 157. The van der Waals surface area contributed by atoms with Gasteiger partial charge in [-0.2, -0.15) is 0 Å². The Morgan fingerprint density at radius 3 is 1.50 bits per heavy atom. The Labute approximate surface area is 48.7 Å². The molecule has 0 heterocycles. The minimum absolute atomic E-state index is 0.102. The Kier molecular flexibility index (Phi) is 0.273. The Morgan fingerprint density at radius 2 is 1.50 bits per heavy atom. The zero-order valence-electron chi connectivity index (χ0n) is 5.18. The minimum atomic E-state index is 0.102. The first kappa shape index (κ1) is 3.89. The van der Waals surface area contributed by atoms with Crippen LogP contribution in [0.2, 0.25) is 0 Å². The van der Waals surface area contributed by atoms with Crippen LogP contribution < -0.4 is 0 Å². The van der Waals surface area contributed by atoms with E-state index < -0.39 is 0 Å². The highest BCUT2D eigenvalue weighted by molar-refractivity contribution is 5.51. The summed E-state index contributed by atoms with van der Waals surface area (Å²) in [6.45, 7) is 4.60. The van der Waals surface area contributed by atoms with Gasteiger partial charge < -0.3 is 5.11 Å². The zero-order valence-corrected chi connectivity index (χ0v) is 5.18. The van der Waals surface area contributed by atoms with Crippen molar-refractivity contribution in [3.63, 3.8) is 0 Å². The highest BCUT2D eigenvalue weighted by Gasteiger charge is 3.05. The summed E-state index contributed by atoms with van der Waals surface area (Å²) >= 11 is 0. The van der Waals surface area contributed by atoms with Crippen molar-refractivity contribution in [1.82, 2.24) is 0 Å². The van der Waals surface area contributed by atoms with Gasteiger partial charge in [0.1, 0.15) is 0 Å². The molecule has 0 amide bonds. The molecule has 4 rings (SSSR count). The minimum Gasteiger partial charge on any atom is -0.392 e. The molecule has 4 aliphatic rings. The quantitative estimate of drug-likeness (QED) is 0.485. The Balaban J connectivity index is 2.08. The SMILES string of the molecule is CC12C3C(O)C1C32C. The van der Waals surface area contributed by atoms with E-state index in [0.717, 1.165) is 0 Å². The average Bonchev–Trinajstić information content (AvgIpc) is 2.19. The van der Waals surface area contributed by atoms with Crippen LogP contribution in [0.25, 0.3) is 0 Å². The maximum atomic E-state index is 9.12. The molecule has 2 bridgehead atoms. The monoisotopic (exact) mass is 110 g/mol. The highest BCUT2D eigenvalue weighted by atomic mass is 16.3. The van der Waals surface area contributed by atoms with Crippen LogP contribution in [0.4, 0.5) is 0 Å². The predicted molar refractivity (Wildman–Crippen MR) is 29.2 cm³/mol. The second kappa shape index (κ2) is 0.563. The Hall–Kier alpha value is -0.0400. The third kappa shape index (κ3) is 0.107. The van der Waals surface area contributed by atoms with E-state index in [1.54, 1.807) is 0 Å². The van der Waals surface area contributed by atoms with Crippen LogP contribution in [0, 0.1) is 22.7 Å². The molecule has 0 unspecified atom stereocenters. The Morgan fingerprint density at radius 1 is 1.12 bits per heavy atom. The van der Waals surface area contributed by atoms with E-state index in [2.05, 4.69) is 13.8 Å². The number of hydrogen-bond acceptors (Lipinski definition) is 1. The molecule has 4 aliphatic carbocycles. The van der Waals surface area contributed by atoms with Crippen molar-refractivity contribution < 1.29 is 5.11 Å². The smallest absolute Gasteiger partial charge is 0.0618 e. The van der Waals surface area contributed by atoms with Gasteiger partial charge in [0.2, 0.25) is 0 Å². The molecular formula is C7H10O. The van der Waals surface area contributed by atoms with E-state index in [1.165, 1.54) is 0 Å². The van der Waals surface area contributed by atoms with Gasteiger partial charge in [-0.25, -0.2) is 0 Å². The maximum absolute atomic E-state index is 9.12. The molecule has 0 aliphatic heterocycles. The van der Waals surface area contributed by atoms with E-state index in [4.69, 9.17) is 5.11 Å². The summed E-state index contributed by atoms with van der Waals surface area (Å²) in [4.78, 5) is 0. The lowest BCUT2D eigenvalue weighted by molar-refractivity contribution is -0.0590. The number of hydrogen-bond donors (Lipinski definition) is 1. The fourth-order valence-corrected chi connectivity index (χ4v) is 3.46. The third-order valence-electron chi connectivity index (χ3n) is 4.26. The molecule has 4 fully saturated rings. The first-order valence-corrected chi connectivity index (χ1v) is 3.33. The lowest BCUT2D eigenvalue weighted by Gasteiger charge is -2.39. The van der Waals surface area contributed by atoms with Gasteiger partial charge in [0, 0.05) is 0 Å². The zero-order chi connectivity index (χ0) is 5.73. The van der Waals surface area contributed by atoms with Crippen LogP contribution in [-0.2, 0) is 0 Å². The van der Waals surface area contributed by atoms with Gasteiger partial charge in [0.25, 0.3) is 0 Å². The fraction of sp³-hybridized carbons (Fsp3) is 1.00. The summed E-state index contributed by atoms with van der Waals surface area (Å²) < 4.78 is 0. The van der Waals surface area contributed by atoms with Gasteiger partial charge in [0.05, 0.1) is 6.10 Å². The second-order valence-corrected chi connectivity index (χ2v) is 4.01. The van der Waals surface area contributed by atoms with Gasteiger partial charge in [0.15, 0.2) is 0 Å². The molecule has 44 valence electrons. The maximum Gasteiger partial charge on any atom is 0.0618 e. The summed E-state index contributed by atoms with van der Waals surface area (Å²) in [6.07, 6.45) is 0.102. The number of aliphatic hydroxyl groups is 1. The van der Waals surface area contributed by atoms with Crippen LogP contribution in [0.3, 0.4) is 0 Å². The summed E-state index contributed by atoms with van der Waals surface area (Å²) in [5.74, 6) is 1.42. The summed E-state index contributed by atoms with van der Waals surface area (Å²) in [5.41, 5.74) is 1.26. The molecule has 1 N–H and O–H groups in total. The van der Waals surface area contributed by atoms with Gasteiger partial charge in [-0.3, -0.25) is 0 Å². The van der Waals surface area contributed by atoms with Crippen molar-refractivity contribution >= 4 is 0 Å². The first-order chi connectivity index (χ1) is 3.65. The van der Waals surface area contributed by atoms with Crippen LogP contribution in [0.1, 0.15) is 13.8 Å². The predicted octanol–water partition coefficient (Wildman–Crippen LogP) is 0.633.